The Morgan fingerprint density at radius 3 is 2.93 bits per heavy atom. The lowest BCUT2D eigenvalue weighted by molar-refractivity contribution is -0.150. The van der Waals surface area contributed by atoms with Crippen LogP contribution >= 0.6 is 0 Å². The summed E-state index contributed by atoms with van der Waals surface area (Å²) in [5, 5.41) is 0. The summed E-state index contributed by atoms with van der Waals surface area (Å²) in [5.41, 5.74) is 0. The van der Waals surface area contributed by atoms with Gasteiger partial charge in [-0.05, 0) is 37.0 Å². The fourth-order valence-corrected chi connectivity index (χ4v) is 4.60. The lowest BCUT2D eigenvalue weighted by Crippen LogP contribution is -2.34. The van der Waals surface area contributed by atoms with Crippen molar-refractivity contribution >= 4 is 5.97 Å². The number of fused-ring (bicyclic) bond motifs is 7. The molecule has 1 saturated heterocycles. The number of carbonyl (C=O) groups is 1. The van der Waals surface area contributed by atoms with Gasteiger partial charge in [-0.2, -0.15) is 0 Å². The largest absolute Gasteiger partial charge is 0.462 e. The number of esters is 1. The standard InChI is InChI=1S/C12H16O3/c1-5(13)14-9-3-6-2-8(9)11-7(6)4-10-12(11)15-10/h6-12H,2-4H2,1H3/t6-,7+,8+,9-,10-,11-,12-/m1/s1. The quantitative estimate of drug-likeness (QED) is 0.482. The monoisotopic (exact) mass is 208 g/mol. The molecule has 1 heterocycles. The molecule has 0 aromatic heterocycles. The van der Waals surface area contributed by atoms with E-state index in [1.807, 2.05) is 0 Å². The number of ether oxygens (including phenoxy) is 2. The Kier molecular flexibility index (Phi) is 1.47. The number of hydrogen-bond acceptors (Lipinski definition) is 3. The van der Waals surface area contributed by atoms with Gasteiger partial charge in [-0.25, -0.2) is 0 Å². The summed E-state index contributed by atoms with van der Waals surface area (Å²) in [7, 11) is 0. The average Bonchev–Trinajstić information content (AvgIpc) is 2.58. The van der Waals surface area contributed by atoms with Gasteiger partial charge in [-0.1, -0.05) is 0 Å². The molecule has 3 aliphatic carbocycles. The maximum atomic E-state index is 11.0. The van der Waals surface area contributed by atoms with Gasteiger partial charge in [-0.3, -0.25) is 4.79 Å². The summed E-state index contributed by atoms with van der Waals surface area (Å²) >= 11 is 0. The second-order valence-electron chi connectivity index (χ2n) is 5.66. The molecule has 4 aliphatic rings. The van der Waals surface area contributed by atoms with E-state index < -0.39 is 0 Å². The van der Waals surface area contributed by atoms with Gasteiger partial charge in [0.15, 0.2) is 0 Å². The molecule has 1 aliphatic heterocycles. The third-order valence-electron chi connectivity index (χ3n) is 5.00. The first-order chi connectivity index (χ1) is 7.24. The van der Waals surface area contributed by atoms with Crippen molar-refractivity contribution in [3.63, 3.8) is 0 Å². The Hall–Kier alpha value is -0.570. The molecule has 3 saturated carbocycles. The zero-order valence-corrected chi connectivity index (χ0v) is 8.89. The molecule has 15 heavy (non-hydrogen) atoms. The lowest BCUT2D eigenvalue weighted by atomic mass is 9.79. The van der Waals surface area contributed by atoms with Crippen LogP contribution < -0.4 is 0 Å². The van der Waals surface area contributed by atoms with Crippen LogP contribution in [0.5, 0.6) is 0 Å². The van der Waals surface area contributed by atoms with Crippen molar-refractivity contribution in [3.8, 4) is 0 Å². The number of carbonyl (C=O) groups excluding carboxylic acids is 1. The van der Waals surface area contributed by atoms with Gasteiger partial charge in [0.2, 0.25) is 0 Å². The molecule has 4 fully saturated rings. The van der Waals surface area contributed by atoms with Crippen LogP contribution in [0.4, 0.5) is 0 Å². The minimum absolute atomic E-state index is 0.115. The van der Waals surface area contributed by atoms with Gasteiger partial charge in [0.05, 0.1) is 12.2 Å². The van der Waals surface area contributed by atoms with Gasteiger partial charge in [-0.15, -0.1) is 0 Å². The summed E-state index contributed by atoms with van der Waals surface area (Å²) in [5.74, 6) is 2.93. The number of hydrogen-bond donors (Lipinski definition) is 0. The molecular weight excluding hydrogens is 192 g/mol. The van der Waals surface area contributed by atoms with Gasteiger partial charge < -0.3 is 9.47 Å². The first-order valence-electron chi connectivity index (χ1n) is 6.06. The van der Waals surface area contributed by atoms with E-state index >= 15 is 0 Å². The van der Waals surface area contributed by atoms with Crippen molar-refractivity contribution in [3.05, 3.63) is 0 Å². The summed E-state index contributed by atoms with van der Waals surface area (Å²) in [6, 6.07) is 0. The smallest absolute Gasteiger partial charge is 0.302 e. The lowest BCUT2D eigenvalue weighted by Gasteiger charge is -2.31. The van der Waals surface area contributed by atoms with Gasteiger partial charge in [0.25, 0.3) is 0 Å². The molecule has 0 aromatic carbocycles. The van der Waals surface area contributed by atoms with Crippen LogP contribution in [-0.2, 0) is 14.3 Å². The SMILES string of the molecule is CC(=O)O[C@@H]1C[C@H]2C[C@@H]1[C@H]1[C@H]2C[C@H]2O[C@@H]12. The van der Waals surface area contributed by atoms with E-state index in [2.05, 4.69) is 0 Å². The Bertz CT molecular complexity index is 327. The summed E-state index contributed by atoms with van der Waals surface area (Å²) in [6.07, 6.45) is 4.98. The van der Waals surface area contributed by atoms with Gasteiger partial charge in [0, 0.05) is 12.8 Å². The molecule has 82 valence electrons. The predicted molar refractivity (Wildman–Crippen MR) is 52.0 cm³/mol. The topological polar surface area (TPSA) is 38.8 Å². The third kappa shape index (κ3) is 1.02. The second-order valence-corrected chi connectivity index (χ2v) is 5.66. The molecule has 2 bridgehead atoms. The summed E-state index contributed by atoms with van der Waals surface area (Å²) in [4.78, 5) is 11.0. The zero-order chi connectivity index (χ0) is 10.2. The fraction of sp³-hybridized carbons (Fsp3) is 0.917. The molecule has 0 radical (unpaired) electrons. The molecule has 4 rings (SSSR count). The van der Waals surface area contributed by atoms with Crippen LogP contribution in [0.25, 0.3) is 0 Å². The molecule has 0 N–H and O–H groups in total. The van der Waals surface area contributed by atoms with E-state index in [1.54, 1.807) is 0 Å². The van der Waals surface area contributed by atoms with E-state index in [0.29, 0.717) is 18.1 Å². The third-order valence-corrected chi connectivity index (χ3v) is 5.00. The van der Waals surface area contributed by atoms with Crippen LogP contribution in [-0.4, -0.2) is 24.3 Å². The van der Waals surface area contributed by atoms with E-state index in [4.69, 9.17) is 9.47 Å². The highest BCUT2D eigenvalue weighted by molar-refractivity contribution is 5.66. The summed E-state index contributed by atoms with van der Waals surface area (Å²) in [6.45, 7) is 1.52. The molecule has 0 amide bonds. The highest BCUT2D eigenvalue weighted by atomic mass is 16.6. The van der Waals surface area contributed by atoms with Crippen molar-refractivity contribution in [1.29, 1.82) is 0 Å². The normalized spacial score (nSPS) is 58.9. The molecule has 3 nitrogen and oxygen atoms in total. The molecule has 3 heteroatoms. The highest BCUT2D eigenvalue weighted by Gasteiger charge is 2.67. The van der Waals surface area contributed by atoms with Crippen molar-refractivity contribution in [2.75, 3.05) is 0 Å². The van der Waals surface area contributed by atoms with Crippen molar-refractivity contribution in [2.24, 2.45) is 23.7 Å². The Labute approximate surface area is 89.1 Å². The number of epoxide rings is 1. The van der Waals surface area contributed by atoms with E-state index in [9.17, 15) is 4.79 Å². The van der Waals surface area contributed by atoms with Crippen molar-refractivity contribution in [1.82, 2.24) is 0 Å². The maximum absolute atomic E-state index is 11.0. The molecule has 0 spiro atoms. The van der Waals surface area contributed by atoms with Crippen molar-refractivity contribution < 1.29 is 14.3 Å². The molecule has 0 aromatic rings. The van der Waals surface area contributed by atoms with Crippen LogP contribution in [0, 0.1) is 23.7 Å². The first-order valence-corrected chi connectivity index (χ1v) is 6.06. The predicted octanol–water partition coefficient (Wildman–Crippen LogP) is 1.36. The molecule has 0 unspecified atom stereocenters. The van der Waals surface area contributed by atoms with Crippen LogP contribution in [0.3, 0.4) is 0 Å². The average molecular weight is 208 g/mol. The second kappa shape index (κ2) is 2.57. The Balaban J connectivity index is 1.57. The molecule has 7 atom stereocenters. The Morgan fingerprint density at radius 1 is 1.27 bits per heavy atom. The van der Waals surface area contributed by atoms with Crippen LogP contribution in [0.1, 0.15) is 26.2 Å². The maximum Gasteiger partial charge on any atom is 0.302 e. The van der Waals surface area contributed by atoms with Crippen LogP contribution in [0.15, 0.2) is 0 Å². The van der Waals surface area contributed by atoms with E-state index in [-0.39, 0.29) is 12.1 Å². The van der Waals surface area contributed by atoms with Gasteiger partial charge in [0.1, 0.15) is 6.10 Å². The fourth-order valence-electron chi connectivity index (χ4n) is 4.60. The minimum Gasteiger partial charge on any atom is -0.462 e. The first kappa shape index (κ1) is 8.57. The van der Waals surface area contributed by atoms with Gasteiger partial charge >= 0.3 is 5.97 Å². The highest BCUT2D eigenvalue weighted by Crippen LogP contribution is 2.64. The minimum atomic E-state index is -0.115. The van der Waals surface area contributed by atoms with Crippen molar-refractivity contribution in [2.45, 2.75) is 44.5 Å². The molecular formula is C12H16O3. The number of rotatable bonds is 1. The zero-order valence-electron chi connectivity index (χ0n) is 8.89. The van der Waals surface area contributed by atoms with Crippen LogP contribution in [0.2, 0.25) is 0 Å². The summed E-state index contributed by atoms with van der Waals surface area (Å²) < 4.78 is 11.1. The Morgan fingerprint density at radius 2 is 2.13 bits per heavy atom. The van der Waals surface area contributed by atoms with E-state index in [1.165, 1.54) is 19.8 Å². The van der Waals surface area contributed by atoms with E-state index in [0.717, 1.165) is 24.2 Å².